The fourth-order valence-corrected chi connectivity index (χ4v) is 4.29. The smallest absolute Gasteiger partial charge is 0.125 e. The van der Waals surface area contributed by atoms with Crippen LogP contribution in [0.1, 0.15) is 19.4 Å². The molecule has 0 bridgehead atoms. The van der Waals surface area contributed by atoms with Crippen LogP contribution >= 0.6 is 23.2 Å². The van der Waals surface area contributed by atoms with Crippen molar-refractivity contribution in [3.8, 4) is 0 Å². The number of hydrogen-bond donors (Lipinski definition) is 0. The minimum absolute atomic E-state index is 0.443. The standard InChI is InChI=1S/C22H26Cl2N4/c1-16(2)28-15-22(25-20-5-3-4-6-21(20)28)27-11-9-26(10-12-27)14-17-13-18(23)7-8-19(17)24/h3-8,13,16H,9-12,14-15H2,1-2H3. The quantitative estimate of drug-likeness (QED) is 0.696. The summed E-state index contributed by atoms with van der Waals surface area (Å²) in [4.78, 5) is 12.3. The Kier molecular flexibility index (Phi) is 5.81. The number of para-hydroxylation sites is 2. The number of amidine groups is 1. The van der Waals surface area contributed by atoms with E-state index in [0.717, 1.165) is 60.6 Å². The van der Waals surface area contributed by atoms with Crippen molar-refractivity contribution >= 4 is 40.4 Å². The Balaban J connectivity index is 1.44. The highest BCUT2D eigenvalue weighted by atomic mass is 35.5. The summed E-state index contributed by atoms with van der Waals surface area (Å²) in [6.07, 6.45) is 0. The molecule has 2 aromatic rings. The van der Waals surface area contributed by atoms with Crippen LogP contribution in [0.15, 0.2) is 47.5 Å². The van der Waals surface area contributed by atoms with E-state index in [0.29, 0.717) is 6.04 Å². The zero-order chi connectivity index (χ0) is 19.7. The van der Waals surface area contributed by atoms with E-state index in [1.54, 1.807) is 0 Å². The monoisotopic (exact) mass is 416 g/mol. The maximum absolute atomic E-state index is 6.34. The number of hydrogen-bond acceptors (Lipinski definition) is 4. The molecule has 2 aliphatic rings. The Morgan fingerprint density at radius 3 is 2.50 bits per heavy atom. The lowest BCUT2D eigenvalue weighted by Gasteiger charge is -2.41. The molecule has 0 spiro atoms. The molecule has 6 heteroatoms. The van der Waals surface area contributed by atoms with E-state index in [4.69, 9.17) is 28.2 Å². The second kappa shape index (κ2) is 8.32. The molecule has 0 radical (unpaired) electrons. The van der Waals surface area contributed by atoms with Crippen LogP contribution in [0.25, 0.3) is 0 Å². The van der Waals surface area contributed by atoms with Crippen LogP contribution in [0.5, 0.6) is 0 Å². The van der Waals surface area contributed by atoms with Gasteiger partial charge in [-0.3, -0.25) is 4.90 Å². The van der Waals surface area contributed by atoms with Gasteiger partial charge in [-0.15, -0.1) is 0 Å². The van der Waals surface area contributed by atoms with Gasteiger partial charge in [-0.05, 0) is 49.7 Å². The molecule has 2 aliphatic heterocycles. The predicted octanol–water partition coefficient (Wildman–Crippen LogP) is 5.07. The molecular formula is C22H26Cl2N4. The molecule has 1 fully saturated rings. The van der Waals surface area contributed by atoms with Crippen molar-refractivity contribution in [1.82, 2.24) is 9.80 Å². The zero-order valence-corrected chi connectivity index (χ0v) is 17.9. The van der Waals surface area contributed by atoms with Crippen molar-refractivity contribution in [3.05, 3.63) is 58.1 Å². The molecule has 0 amide bonds. The minimum atomic E-state index is 0.443. The highest BCUT2D eigenvalue weighted by Crippen LogP contribution is 2.33. The van der Waals surface area contributed by atoms with Crippen LogP contribution in [-0.2, 0) is 6.54 Å². The zero-order valence-electron chi connectivity index (χ0n) is 16.4. The van der Waals surface area contributed by atoms with Gasteiger partial charge in [0.25, 0.3) is 0 Å². The molecule has 28 heavy (non-hydrogen) atoms. The third kappa shape index (κ3) is 4.14. The van der Waals surface area contributed by atoms with Crippen molar-refractivity contribution < 1.29 is 0 Å². The van der Waals surface area contributed by atoms with Gasteiger partial charge < -0.3 is 9.80 Å². The molecule has 2 aromatic carbocycles. The second-order valence-electron chi connectivity index (χ2n) is 7.74. The summed E-state index contributed by atoms with van der Waals surface area (Å²) >= 11 is 12.5. The van der Waals surface area contributed by atoms with Crippen LogP contribution < -0.4 is 4.90 Å². The van der Waals surface area contributed by atoms with Gasteiger partial charge in [-0.2, -0.15) is 0 Å². The lowest BCUT2D eigenvalue weighted by Crippen LogP contribution is -2.52. The molecule has 1 saturated heterocycles. The number of nitrogens with zero attached hydrogens (tertiary/aromatic N) is 4. The molecule has 0 unspecified atom stereocenters. The van der Waals surface area contributed by atoms with Crippen molar-refractivity contribution in [2.45, 2.75) is 26.4 Å². The molecule has 0 atom stereocenters. The average Bonchev–Trinajstić information content (AvgIpc) is 2.70. The number of fused-ring (bicyclic) bond motifs is 1. The Hall–Kier alpha value is -1.75. The molecule has 0 aromatic heterocycles. The topological polar surface area (TPSA) is 22.1 Å². The van der Waals surface area contributed by atoms with Gasteiger partial charge in [0.05, 0.1) is 17.9 Å². The number of benzene rings is 2. The van der Waals surface area contributed by atoms with E-state index >= 15 is 0 Å². The molecule has 0 N–H and O–H groups in total. The largest absolute Gasteiger partial charge is 0.360 e. The maximum atomic E-state index is 6.34. The summed E-state index contributed by atoms with van der Waals surface area (Å²) in [7, 11) is 0. The molecule has 2 heterocycles. The predicted molar refractivity (Wildman–Crippen MR) is 119 cm³/mol. The van der Waals surface area contributed by atoms with Crippen LogP contribution in [0.4, 0.5) is 11.4 Å². The van der Waals surface area contributed by atoms with E-state index in [2.05, 4.69) is 52.8 Å². The molecule has 4 rings (SSSR count). The summed E-state index contributed by atoms with van der Waals surface area (Å²) < 4.78 is 0. The van der Waals surface area contributed by atoms with E-state index in [1.807, 2.05) is 18.2 Å². The first-order valence-electron chi connectivity index (χ1n) is 9.86. The van der Waals surface area contributed by atoms with Crippen LogP contribution in [-0.4, -0.2) is 54.4 Å². The normalized spacial score (nSPS) is 17.7. The molecule has 148 valence electrons. The highest BCUT2D eigenvalue weighted by molar-refractivity contribution is 6.33. The molecule has 0 aliphatic carbocycles. The van der Waals surface area contributed by atoms with Gasteiger partial charge >= 0.3 is 0 Å². The summed E-state index contributed by atoms with van der Waals surface area (Å²) in [6, 6.07) is 14.6. The molecular weight excluding hydrogens is 391 g/mol. The number of piperazine rings is 1. The maximum Gasteiger partial charge on any atom is 0.125 e. The van der Waals surface area contributed by atoms with Crippen molar-refractivity contribution in [2.24, 2.45) is 4.99 Å². The van der Waals surface area contributed by atoms with Gasteiger partial charge in [0.15, 0.2) is 0 Å². The van der Waals surface area contributed by atoms with Crippen LogP contribution in [0, 0.1) is 0 Å². The van der Waals surface area contributed by atoms with E-state index in [9.17, 15) is 0 Å². The minimum Gasteiger partial charge on any atom is -0.360 e. The summed E-state index contributed by atoms with van der Waals surface area (Å²) in [5, 5.41) is 1.52. The average molecular weight is 417 g/mol. The number of rotatable bonds is 3. The summed E-state index contributed by atoms with van der Waals surface area (Å²) in [5.74, 6) is 1.17. The second-order valence-corrected chi connectivity index (χ2v) is 8.58. The van der Waals surface area contributed by atoms with Gasteiger partial charge in [-0.1, -0.05) is 35.3 Å². The number of aliphatic imine (C=N–C) groups is 1. The molecule has 4 nitrogen and oxygen atoms in total. The van der Waals surface area contributed by atoms with Gasteiger partial charge in [0.1, 0.15) is 5.84 Å². The van der Waals surface area contributed by atoms with Gasteiger partial charge in [0.2, 0.25) is 0 Å². The van der Waals surface area contributed by atoms with Crippen LogP contribution in [0.2, 0.25) is 10.0 Å². The number of anilines is 1. The Bertz CT molecular complexity index is 873. The first-order chi connectivity index (χ1) is 13.5. The SMILES string of the molecule is CC(C)N1CC(N2CCN(Cc3cc(Cl)ccc3Cl)CC2)=Nc2ccccc21. The third-order valence-electron chi connectivity index (χ3n) is 5.51. The van der Waals surface area contributed by atoms with Crippen molar-refractivity contribution in [2.75, 3.05) is 37.6 Å². The lowest BCUT2D eigenvalue weighted by atomic mass is 10.1. The van der Waals surface area contributed by atoms with Crippen LogP contribution in [0.3, 0.4) is 0 Å². The molecule has 0 saturated carbocycles. The number of halogens is 2. The van der Waals surface area contributed by atoms with E-state index < -0.39 is 0 Å². The Morgan fingerprint density at radius 1 is 1.00 bits per heavy atom. The fourth-order valence-electron chi connectivity index (χ4n) is 3.91. The van der Waals surface area contributed by atoms with E-state index in [1.165, 1.54) is 11.5 Å². The van der Waals surface area contributed by atoms with Crippen molar-refractivity contribution in [1.29, 1.82) is 0 Å². The highest BCUT2D eigenvalue weighted by Gasteiger charge is 2.27. The summed E-state index contributed by atoms with van der Waals surface area (Å²) in [5.41, 5.74) is 3.40. The Morgan fingerprint density at radius 2 is 1.75 bits per heavy atom. The first kappa shape index (κ1) is 19.6. The third-order valence-corrected chi connectivity index (χ3v) is 6.12. The van der Waals surface area contributed by atoms with Gasteiger partial charge in [-0.25, -0.2) is 4.99 Å². The van der Waals surface area contributed by atoms with Crippen molar-refractivity contribution in [3.63, 3.8) is 0 Å². The first-order valence-corrected chi connectivity index (χ1v) is 10.6. The van der Waals surface area contributed by atoms with E-state index in [-0.39, 0.29) is 0 Å². The summed E-state index contributed by atoms with van der Waals surface area (Å²) in [6.45, 7) is 10.1. The van der Waals surface area contributed by atoms with Gasteiger partial charge in [0, 0.05) is 48.8 Å². The fraction of sp³-hybridized carbons (Fsp3) is 0.409. The lowest BCUT2D eigenvalue weighted by molar-refractivity contribution is 0.174. The Labute approximate surface area is 177 Å².